The average Bonchev–Trinajstić information content (AvgIpc) is 3.02. The van der Waals surface area contributed by atoms with E-state index in [1.54, 1.807) is 0 Å². The molecule has 1 amide bonds. The Hall–Kier alpha value is -2.32. The molecule has 3 aromatic rings. The first-order valence-electron chi connectivity index (χ1n) is 10.7. The Morgan fingerprint density at radius 1 is 1.25 bits per heavy atom. The highest BCUT2D eigenvalue weighted by atomic mass is 32.2. The van der Waals surface area contributed by atoms with Crippen molar-refractivity contribution in [2.75, 3.05) is 13.2 Å². The Morgan fingerprint density at radius 2 is 1.94 bits per heavy atom. The fraction of sp³-hybridized carbons (Fsp3) is 0.458. The molecular formula is C24H31N3O3S2. The fourth-order valence-electron chi connectivity index (χ4n) is 3.19. The van der Waals surface area contributed by atoms with Crippen LogP contribution in [0.15, 0.2) is 29.1 Å². The van der Waals surface area contributed by atoms with Gasteiger partial charge in [0.1, 0.15) is 23.0 Å². The van der Waals surface area contributed by atoms with E-state index in [4.69, 9.17) is 4.74 Å². The van der Waals surface area contributed by atoms with Crippen molar-refractivity contribution in [3.05, 3.63) is 56.4 Å². The maximum atomic E-state index is 12.4. The van der Waals surface area contributed by atoms with Crippen molar-refractivity contribution in [3.8, 4) is 5.75 Å². The van der Waals surface area contributed by atoms with Crippen molar-refractivity contribution in [1.29, 1.82) is 0 Å². The van der Waals surface area contributed by atoms with E-state index in [-0.39, 0.29) is 22.1 Å². The highest BCUT2D eigenvalue weighted by Crippen LogP contribution is 2.27. The largest absolute Gasteiger partial charge is 0.492 e. The molecule has 2 aromatic heterocycles. The quantitative estimate of drug-likeness (QED) is 0.463. The predicted octanol–water partition coefficient (Wildman–Crippen LogP) is 4.72. The third-order valence-corrected chi connectivity index (χ3v) is 7.57. The van der Waals surface area contributed by atoms with Crippen LogP contribution in [0, 0.1) is 13.8 Å². The molecule has 8 heteroatoms. The maximum absolute atomic E-state index is 12.4. The van der Waals surface area contributed by atoms with Gasteiger partial charge in [0.15, 0.2) is 0 Å². The van der Waals surface area contributed by atoms with E-state index in [0.29, 0.717) is 30.1 Å². The summed E-state index contributed by atoms with van der Waals surface area (Å²) in [6.07, 6.45) is 0. The Morgan fingerprint density at radius 3 is 2.59 bits per heavy atom. The van der Waals surface area contributed by atoms with Crippen LogP contribution in [0.1, 0.15) is 49.5 Å². The summed E-state index contributed by atoms with van der Waals surface area (Å²) in [4.78, 5) is 34.0. The van der Waals surface area contributed by atoms with E-state index in [9.17, 15) is 9.59 Å². The van der Waals surface area contributed by atoms with Gasteiger partial charge in [-0.15, -0.1) is 23.1 Å². The van der Waals surface area contributed by atoms with Gasteiger partial charge in [-0.05, 0) is 49.4 Å². The van der Waals surface area contributed by atoms with Crippen LogP contribution < -0.4 is 15.6 Å². The zero-order valence-electron chi connectivity index (χ0n) is 19.5. The number of amides is 1. The zero-order chi connectivity index (χ0) is 23.5. The van der Waals surface area contributed by atoms with Crippen molar-refractivity contribution in [2.45, 2.75) is 58.0 Å². The van der Waals surface area contributed by atoms with Gasteiger partial charge in [-0.2, -0.15) is 0 Å². The van der Waals surface area contributed by atoms with Crippen LogP contribution in [0.5, 0.6) is 5.75 Å². The topological polar surface area (TPSA) is 84.1 Å². The second-order valence-corrected chi connectivity index (χ2v) is 11.4. The van der Waals surface area contributed by atoms with Crippen molar-refractivity contribution < 1.29 is 9.53 Å². The number of carbonyl (C=O) groups excluding carboxylic acids is 1. The first-order valence-corrected chi connectivity index (χ1v) is 12.5. The second-order valence-electron chi connectivity index (χ2n) is 8.84. The summed E-state index contributed by atoms with van der Waals surface area (Å²) in [6, 6.07) is 8.06. The molecule has 6 nitrogen and oxygen atoms in total. The number of hydrogen-bond donors (Lipinski definition) is 2. The minimum atomic E-state index is -0.270. The number of aryl methyl sites for hydroxylation is 2. The van der Waals surface area contributed by atoms with E-state index in [2.05, 4.69) is 48.2 Å². The van der Waals surface area contributed by atoms with Crippen LogP contribution in [0.3, 0.4) is 0 Å². The molecule has 172 valence electrons. The van der Waals surface area contributed by atoms with E-state index < -0.39 is 0 Å². The third kappa shape index (κ3) is 5.92. The van der Waals surface area contributed by atoms with Crippen molar-refractivity contribution in [2.24, 2.45) is 0 Å². The fourth-order valence-corrected chi connectivity index (χ4v) is 5.01. The lowest BCUT2D eigenvalue weighted by Gasteiger charge is -2.19. The molecule has 0 aliphatic heterocycles. The van der Waals surface area contributed by atoms with E-state index >= 15 is 0 Å². The van der Waals surface area contributed by atoms with Gasteiger partial charge in [-0.1, -0.05) is 32.9 Å². The minimum absolute atomic E-state index is 0.0621. The highest BCUT2D eigenvalue weighted by Gasteiger charge is 2.16. The number of nitrogens with one attached hydrogen (secondary N) is 2. The number of carbonyl (C=O) groups is 1. The third-order valence-electron chi connectivity index (χ3n) is 5.32. The van der Waals surface area contributed by atoms with Crippen LogP contribution in [-0.2, 0) is 16.0 Å². The van der Waals surface area contributed by atoms with Gasteiger partial charge < -0.3 is 15.0 Å². The molecule has 0 fully saturated rings. The minimum Gasteiger partial charge on any atom is -0.492 e. The standard InChI is InChI=1S/C24H31N3O3S2/c1-14-15(2)32-23-20(14)22(29)26-19(27-23)13-31-16(3)21(28)25-11-12-30-18-9-7-17(8-10-18)24(4,5)6/h7-10,16H,11-13H2,1-6H3,(H,25,28)(H,26,27,29). The van der Waals surface area contributed by atoms with E-state index in [0.717, 1.165) is 21.0 Å². The predicted molar refractivity (Wildman–Crippen MR) is 134 cm³/mol. The number of hydrogen-bond acceptors (Lipinski definition) is 6. The monoisotopic (exact) mass is 473 g/mol. The summed E-state index contributed by atoms with van der Waals surface area (Å²) in [5.41, 5.74) is 2.23. The average molecular weight is 474 g/mol. The number of thiophene rings is 1. The van der Waals surface area contributed by atoms with Crippen molar-refractivity contribution in [3.63, 3.8) is 0 Å². The lowest BCUT2D eigenvalue weighted by molar-refractivity contribution is -0.120. The smallest absolute Gasteiger partial charge is 0.259 e. The summed E-state index contributed by atoms with van der Waals surface area (Å²) in [5, 5.41) is 3.30. The zero-order valence-corrected chi connectivity index (χ0v) is 21.1. The van der Waals surface area contributed by atoms with Crippen molar-refractivity contribution >= 4 is 39.2 Å². The number of nitrogens with zero attached hydrogens (tertiary/aromatic N) is 1. The SMILES string of the molecule is Cc1sc2nc(CSC(C)C(=O)NCCOc3ccc(C(C)(C)C)cc3)[nH]c(=O)c2c1C. The number of H-pyrrole nitrogens is 1. The van der Waals surface area contributed by atoms with Gasteiger partial charge in [0, 0.05) is 4.88 Å². The molecule has 0 radical (unpaired) electrons. The van der Waals surface area contributed by atoms with Gasteiger partial charge in [0.05, 0.1) is 22.9 Å². The summed E-state index contributed by atoms with van der Waals surface area (Å²) in [7, 11) is 0. The molecule has 0 saturated heterocycles. The summed E-state index contributed by atoms with van der Waals surface area (Å²) >= 11 is 2.97. The van der Waals surface area contributed by atoms with Gasteiger partial charge in [-0.25, -0.2) is 4.98 Å². The molecule has 0 aliphatic carbocycles. The molecule has 0 bridgehead atoms. The molecule has 1 aromatic carbocycles. The molecule has 3 rings (SSSR count). The van der Waals surface area contributed by atoms with Gasteiger partial charge >= 0.3 is 0 Å². The molecule has 2 heterocycles. The number of aromatic nitrogens is 2. The van der Waals surface area contributed by atoms with E-state index in [1.165, 1.54) is 28.7 Å². The van der Waals surface area contributed by atoms with Gasteiger partial charge in [0.25, 0.3) is 5.56 Å². The first kappa shape index (κ1) is 24.3. The molecule has 2 N–H and O–H groups in total. The Kier molecular flexibility index (Phi) is 7.67. The van der Waals surface area contributed by atoms with Crippen LogP contribution in [-0.4, -0.2) is 34.3 Å². The molecule has 0 aliphatic rings. The van der Waals surface area contributed by atoms with Gasteiger partial charge in [0.2, 0.25) is 5.91 Å². The number of thioether (sulfide) groups is 1. The molecule has 1 unspecified atom stereocenters. The first-order chi connectivity index (χ1) is 15.1. The molecule has 0 spiro atoms. The maximum Gasteiger partial charge on any atom is 0.259 e. The highest BCUT2D eigenvalue weighted by molar-refractivity contribution is 7.99. The van der Waals surface area contributed by atoms with Crippen LogP contribution in [0.25, 0.3) is 10.2 Å². The summed E-state index contributed by atoms with van der Waals surface area (Å²) in [6.45, 7) is 13.1. The van der Waals surface area contributed by atoms with Crippen LogP contribution in [0.2, 0.25) is 0 Å². The Balaban J connectivity index is 1.44. The summed E-state index contributed by atoms with van der Waals surface area (Å²) < 4.78 is 5.73. The Bertz CT molecular complexity index is 1140. The Labute approximate surface area is 197 Å². The number of ether oxygens (including phenoxy) is 1. The van der Waals surface area contributed by atoms with Crippen LogP contribution in [0.4, 0.5) is 0 Å². The number of benzene rings is 1. The van der Waals surface area contributed by atoms with Gasteiger partial charge in [-0.3, -0.25) is 9.59 Å². The summed E-state index contributed by atoms with van der Waals surface area (Å²) in [5.74, 6) is 1.79. The number of rotatable bonds is 8. The van der Waals surface area contributed by atoms with Crippen molar-refractivity contribution in [1.82, 2.24) is 15.3 Å². The molecule has 1 atom stereocenters. The number of aromatic amines is 1. The lowest BCUT2D eigenvalue weighted by atomic mass is 9.87. The molecule has 32 heavy (non-hydrogen) atoms. The molecule has 0 saturated carbocycles. The lowest BCUT2D eigenvalue weighted by Crippen LogP contribution is -2.34. The van der Waals surface area contributed by atoms with E-state index in [1.807, 2.05) is 32.9 Å². The molecular weight excluding hydrogens is 442 g/mol. The normalized spacial score (nSPS) is 12.7. The van der Waals surface area contributed by atoms with Crippen LogP contribution >= 0.6 is 23.1 Å². The second kappa shape index (κ2) is 10.1. The number of fused-ring (bicyclic) bond motifs is 1.